The van der Waals surface area contributed by atoms with Crippen LogP contribution < -0.4 is 5.32 Å². The van der Waals surface area contributed by atoms with Gasteiger partial charge >= 0.3 is 6.03 Å². The molecule has 1 saturated carbocycles. The van der Waals surface area contributed by atoms with Crippen LogP contribution >= 0.6 is 0 Å². The first kappa shape index (κ1) is 14.9. The second kappa shape index (κ2) is 5.74. The summed E-state index contributed by atoms with van der Waals surface area (Å²) in [6.45, 7) is 6.28. The van der Waals surface area contributed by atoms with Gasteiger partial charge in [0.1, 0.15) is 5.82 Å². The largest absolute Gasteiger partial charge is 0.322 e. The van der Waals surface area contributed by atoms with E-state index in [9.17, 15) is 4.79 Å². The fourth-order valence-electron chi connectivity index (χ4n) is 4.05. The van der Waals surface area contributed by atoms with Crippen molar-refractivity contribution in [2.75, 3.05) is 18.4 Å². The fraction of sp³-hybridized carbons (Fsp3) is 0.706. The van der Waals surface area contributed by atoms with E-state index in [1.54, 1.807) is 12.4 Å². The number of piperazine rings is 1. The average molecular weight is 315 g/mol. The van der Waals surface area contributed by atoms with Gasteiger partial charge in [0, 0.05) is 37.1 Å². The molecule has 0 unspecified atom stereocenters. The summed E-state index contributed by atoms with van der Waals surface area (Å²) in [5.41, 5.74) is 0.696. The van der Waals surface area contributed by atoms with Gasteiger partial charge in [-0.25, -0.2) is 14.8 Å². The van der Waals surface area contributed by atoms with Gasteiger partial charge in [0.05, 0.1) is 18.1 Å². The predicted octanol–water partition coefficient (Wildman–Crippen LogP) is 2.44. The van der Waals surface area contributed by atoms with Crippen LogP contribution in [0.3, 0.4) is 0 Å². The van der Waals surface area contributed by atoms with Crippen LogP contribution in [0.15, 0.2) is 12.4 Å². The van der Waals surface area contributed by atoms with E-state index in [2.05, 4.69) is 34.0 Å². The van der Waals surface area contributed by atoms with Crippen LogP contribution in [-0.4, -0.2) is 57.0 Å². The first-order valence-corrected chi connectivity index (χ1v) is 8.77. The molecule has 2 amide bonds. The highest BCUT2D eigenvalue weighted by molar-refractivity contribution is 5.89. The molecule has 6 nitrogen and oxygen atoms in total. The summed E-state index contributed by atoms with van der Waals surface area (Å²) < 4.78 is 0. The van der Waals surface area contributed by atoms with Crippen molar-refractivity contribution in [1.82, 2.24) is 19.8 Å². The molecule has 23 heavy (non-hydrogen) atoms. The Kier molecular flexibility index (Phi) is 3.71. The van der Waals surface area contributed by atoms with E-state index in [-0.39, 0.29) is 6.03 Å². The monoisotopic (exact) mass is 315 g/mol. The first-order valence-electron chi connectivity index (χ1n) is 8.77. The maximum Gasteiger partial charge on any atom is 0.322 e. The van der Waals surface area contributed by atoms with Crippen molar-refractivity contribution in [2.24, 2.45) is 0 Å². The summed E-state index contributed by atoms with van der Waals surface area (Å²) >= 11 is 0. The minimum Gasteiger partial charge on any atom is -0.319 e. The van der Waals surface area contributed by atoms with Crippen LogP contribution in [0.2, 0.25) is 0 Å². The molecule has 2 bridgehead atoms. The molecule has 0 spiro atoms. The lowest BCUT2D eigenvalue weighted by molar-refractivity contribution is 0.121. The summed E-state index contributed by atoms with van der Waals surface area (Å²) in [7, 11) is 0. The molecule has 1 aromatic heterocycles. The van der Waals surface area contributed by atoms with Crippen LogP contribution in [0.25, 0.3) is 0 Å². The third-order valence-electron chi connectivity index (χ3n) is 5.60. The van der Waals surface area contributed by atoms with Gasteiger partial charge in [-0.1, -0.05) is 6.42 Å². The number of rotatable bonds is 3. The second-order valence-corrected chi connectivity index (χ2v) is 7.37. The normalized spacial score (nSPS) is 27.5. The molecule has 124 valence electrons. The number of fused-ring (bicyclic) bond motifs is 2. The number of nitrogens with zero attached hydrogens (tertiary/aromatic N) is 4. The Hall–Kier alpha value is -1.69. The number of amides is 2. The molecule has 2 atom stereocenters. The van der Waals surface area contributed by atoms with Crippen molar-refractivity contribution >= 4 is 11.7 Å². The van der Waals surface area contributed by atoms with Crippen molar-refractivity contribution < 1.29 is 4.79 Å². The molecule has 1 N–H and O–H groups in total. The molecular formula is C17H25N5O. The van der Waals surface area contributed by atoms with Gasteiger partial charge in [-0.2, -0.15) is 0 Å². The number of hydrogen-bond acceptors (Lipinski definition) is 4. The number of aromatic nitrogens is 2. The van der Waals surface area contributed by atoms with Gasteiger partial charge in [-0.15, -0.1) is 0 Å². The predicted molar refractivity (Wildman–Crippen MR) is 88.4 cm³/mol. The number of anilines is 1. The lowest BCUT2D eigenvalue weighted by Gasteiger charge is -2.36. The Balaban J connectivity index is 1.36. The van der Waals surface area contributed by atoms with Gasteiger partial charge in [-0.3, -0.25) is 4.90 Å². The third-order valence-corrected chi connectivity index (χ3v) is 5.60. The Labute approximate surface area is 137 Å². The number of hydrogen-bond donors (Lipinski definition) is 1. The molecule has 0 radical (unpaired) electrons. The number of nitrogens with one attached hydrogen (secondary N) is 1. The van der Waals surface area contributed by atoms with Gasteiger partial charge in [-0.05, 0) is 33.1 Å². The molecule has 4 rings (SSSR count). The average Bonchev–Trinajstić information content (AvgIpc) is 3.07. The quantitative estimate of drug-likeness (QED) is 0.930. The van der Waals surface area contributed by atoms with E-state index in [4.69, 9.17) is 0 Å². The Morgan fingerprint density at radius 2 is 1.96 bits per heavy atom. The van der Waals surface area contributed by atoms with E-state index in [0.717, 1.165) is 25.3 Å². The van der Waals surface area contributed by atoms with Gasteiger partial charge in [0.15, 0.2) is 0 Å². The Morgan fingerprint density at radius 1 is 1.22 bits per heavy atom. The molecule has 2 saturated heterocycles. The lowest BCUT2D eigenvalue weighted by atomic mass is 9.85. The molecule has 0 aromatic carbocycles. The molecule has 3 heterocycles. The zero-order valence-electron chi connectivity index (χ0n) is 13.9. The van der Waals surface area contributed by atoms with Gasteiger partial charge in [0.25, 0.3) is 0 Å². The van der Waals surface area contributed by atoms with E-state index < -0.39 is 0 Å². The fourth-order valence-corrected chi connectivity index (χ4v) is 4.05. The van der Waals surface area contributed by atoms with Crippen molar-refractivity contribution in [1.29, 1.82) is 0 Å². The third kappa shape index (κ3) is 2.69. The lowest BCUT2D eigenvalue weighted by Crippen LogP contribution is -2.51. The summed E-state index contributed by atoms with van der Waals surface area (Å²) in [5.74, 6) is 1.44. The number of carbonyl (C=O) groups excluding carboxylic acids is 1. The molecule has 1 aromatic rings. The van der Waals surface area contributed by atoms with Crippen LogP contribution in [0.1, 0.15) is 51.3 Å². The zero-order chi connectivity index (χ0) is 16.0. The van der Waals surface area contributed by atoms with Gasteiger partial charge in [0.2, 0.25) is 0 Å². The van der Waals surface area contributed by atoms with Gasteiger partial charge < -0.3 is 10.2 Å². The topological polar surface area (TPSA) is 61.4 Å². The number of likely N-dealkylation sites (tertiary alicyclic amines) is 2. The van der Waals surface area contributed by atoms with E-state index in [1.807, 2.05) is 4.90 Å². The molecular weight excluding hydrogens is 290 g/mol. The summed E-state index contributed by atoms with van der Waals surface area (Å²) in [4.78, 5) is 25.8. The van der Waals surface area contributed by atoms with Crippen molar-refractivity contribution in [3.63, 3.8) is 0 Å². The van der Waals surface area contributed by atoms with Crippen LogP contribution in [-0.2, 0) is 0 Å². The smallest absolute Gasteiger partial charge is 0.319 e. The van der Waals surface area contributed by atoms with Crippen molar-refractivity contribution in [3.8, 4) is 0 Å². The maximum atomic E-state index is 12.5. The second-order valence-electron chi connectivity index (χ2n) is 7.37. The van der Waals surface area contributed by atoms with Crippen molar-refractivity contribution in [3.05, 3.63) is 18.2 Å². The van der Waals surface area contributed by atoms with E-state index in [0.29, 0.717) is 29.7 Å². The molecule has 3 fully saturated rings. The van der Waals surface area contributed by atoms with Crippen molar-refractivity contribution in [2.45, 2.75) is 63.6 Å². The summed E-state index contributed by atoms with van der Waals surface area (Å²) in [5, 5.41) is 2.96. The van der Waals surface area contributed by atoms with Crippen LogP contribution in [0.4, 0.5) is 10.5 Å². The van der Waals surface area contributed by atoms with Crippen LogP contribution in [0.5, 0.6) is 0 Å². The van der Waals surface area contributed by atoms with E-state index >= 15 is 0 Å². The zero-order valence-corrected chi connectivity index (χ0v) is 13.9. The SMILES string of the molecule is CC(C)N1C[C@@H]2C[C@H]1CN2C(=O)Nc1cnc(C2CCC2)nc1. The molecule has 6 heteroatoms. The Morgan fingerprint density at radius 3 is 2.48 bits per heavy atom. The summed E-state index contributed by atoms with van der Waals surface area (Å²) in [6.07, 6.45) is 8.24. The molecule has 2 aliphatic heterocycles. The first-order chi connectivity index (χ1) is 11.1. The van der Waals surface area contributed by atoms with E-state index in [1.165, 1.54) is 19.3 Å². The number of carbonyl (C=O) groups is 1. The highest BCUT2D eigenvalue weighted by Crippen LogP contribution is 2.34. The highest BCUT2D eigenvalue weighted by Gasteiger charge is 2.45. The standard InChI is InChI=1S/C17H25N5O/c1-11(2)21-9-15-6-14(21)10-22(15)17(23)20-13-7-18-16(19-8-13)12-4-3-5-12/h7-8,11-12,14-15H,3-6,9-10H2,1-2H3,(H,20,23)/t14-,15-/m0/s1. The van der Waals surface area contributed by atoms with Crippen LogP contribution in [0, 0.1) is 0 Å². The molecule has 1 aliphatic carbocycles. The highest BCUT2D eigenvalue weighted by atomic mass is 16.2. The minimum absolute atomic E-state index is 0.0131. The minimum atomic E-state index is -0.0131. The molecule has 3 aliphatic rings. The Bertz CT molecular complexity index is 583. The number of urea groups is 1. The summed E-state index contributed by atoms with van der Waals surface area (Å²) in [6, 6.07) is 1.41. The maximum absolute atomic E-state index is 12.5.